The van der Waals surface area contributed by atoms with Crippen molar-refractivity contribution >= 4 is 11.6 Å². The lowest BCUT2D eigenvalue weighted by Gasteiger charge is -2.14. The van der Waals surface area contributed by atoms with Crippen LogP contribution in [0.1, 0.15) is 17.5 Å². The van der Waals surface area contributed by atoms with E-state index in [0.29, 0.717) is 23.1 Å². The van der Waals surface area contributed by atoms with E-state index in [1.807, 2.05) is 31.3 Å². The summed E-state index contributed by atoms with van der Waals surface area (Å²) in [5.74, 6) is 1.19. The van der Waals surface area contributed by atoms with Gasteiger partial charge in [0.25, 0.3) is 0 Å². The number of hydrogen-bond donors (Lipinski definition) is 2. The Kier molecular flexibility index (Phi) is 7.82. The lowest BCUT2D eigenvalue weighted by Crippen LogP contribution is -2.19. The molecule has 1 heterocycles. The molecule has 0 radical (unpaired) electrons. The van der Waals surface area contributed by atoms with E-state index >= 15 is 0 Å². The van der Waals surface area contributed by atoms with Gasteiger partial charge >= 0.3 is 0 Å². The molecular weight excluding hydrogens is 326 g/mol. The van der Waals surface area contributed by atoms with Crippen LogP contribution in [0, 0.1) is 0 Å². The molecule has 5 nitrogen and oxygen atoms in total. The molecule has 0 unspecified atom stereocenters. The molecule has 24 heavy (non-hydrogen) atoms. The van der Waals surface area contributed by atoms with E-state index < -0.39 is 0 Å². The highest BCUT2D eigenvalue weighted by Gasteiger charge is 2.12. The number of pyridine rings is 1. The van der Waals surface area contributed by atoms with Crippen LogP contribution in [0.3, 0.4) is 0 Å². The number of nitrogens with zero attached hydrogens (tertiary/aromatic N) is 1. The Morgan fingerprint density at radius 1 is 1.21 bits per heavy atom. The molecular formula is C18H24ClN3O2. The van der Waals surface area contributed by atoms with Crippen LogP contribution in [0.5, 0.6) is 11.5 Å². The Morgan fingerprint density at radius 3 is 2.79 bits per heavy atom. The summed E-state index contributed by atoms with van der Waals surface area (Å²) in [6, 6.07) is 7.69. The SMILES string of the molecule is CNCCCNCc1cc(Cl)c(OCc2cccnc2)c(OC)c1. The molecule has 2 N–H and O–H groups in total. The summed E-state index contributed by atoms with van der Waals surface area (Å²) >= 11 is 6.38. The monoisotopic (exact) mass is 349 g/mol. The predicted molar refractivity (Wildman–Crippen MR) is 96.8 cm³/mol. The molecule has 2 rings (SSSR count). The molecule has 0 aliphatic heterocycles. The molecule has 6 heteroatoms. The highest BCUT2D eigenvalue weighted by Crippen LogP contribution is 2.36. The number of ether oxygens (including phenoxy) is 2. The van der Waals surface area contributed by atoms with Gasteiger partial charge in [0.05, 0.1) is 12.1 Å². The van der Waals surface area contributed by atoms with Crippen molar-refractivity contribution in [3.8, 4) is 11.5 Å². The molecule has 130 valence electrons. The first-order valence-electron chi connectivity index (χ1n) is 7.98. The third-order valence-corrected chi connectivity index (χ3v) is 3.79. The maximum absolute atomic E-state index is 6.38. The second-order valence-corrected chi connectivity index (χ2v) is 5.80. The lowest BCUT2D eigenvalue weighted by molar-refractivity contribution is 0.284. The highest BCUT2D eigenvalue weighted by atomic mass is 35.5. The fraction of sp³-hybridized carbons (Fsp3) is 0.389. The summed E-state index contributed by atoms with van der Waals surface area (Å²) in [5, 5.41) is 7.06. The van der Waals surface area contributed by atoms with Gasteiger partial charge in [-0.1, -0.05) is 17.7 Å². The average Bonchev–Trinajstić information content (AvgIpc) is 2.61. The molecule has 0 bridgehead atoms. The van der Waals surface area contributed by atoms with Crippen molar-refractivity contribution in [3.05, 3.63) is 52.8 Å². The minimum Gasteiger partial charge on any atom is -0.493 e. The van der Waals surface area contributed by atoms with E-state index in [1.165, 1.54) is 0 Å². The van der Waals surface area contributed by atoms with Crippen molar-refractivity contribution in [1.29, 1.82) is 0 Å². The topological polar surface area (TPSA) is 55.4 Å². The van der Waals surface area contributed by atoms with Crippen molar-refractivity contribution in [3.63, 3.8) is 0 Å². The van der Waals surface area contributed by atoms with Gasteiger partial charge in [-0.3, -0.25) is 4.98 Å². The molecule has 0 spiro atoms. The second-order valence-electron chi connectivity index (χ2n) is 5.39. The van der Waals surface area contributed by atoms with Gasteiger partial charge < -0.3 is 20.1 Å². The summed E-state index contributed by atoms with van der Waals surface area (Å²) in [6.07, 6.45) is 4.58. The zero-order valence-corrected chi connectivity index (χ0v) is 14.9. The van der Waals surface area contributed by atoms with E-state index in [4.69, 9.17) is 21.1 Å². The normalized spacial score (nSPS) is 10.6. The van der Waals surface area contributed by atoms with Crippen molar-refractivity contribution in [2.45, 2.75) is 19.6 Å². The van der Waals surface area contributed by atoms with Gasteiger partial charge in [0.15, 0.2) is 11.5 Å². The minimum absolute atomic E-state index is 0.394. The number of benzene rings is 1. The van der Waals surface area contributed by atoms with Gasteiger partial charge in [-0.05, 0) is 50.3 Å². The largest absolute Gasteiger partial charge is 0.493 e. The summed E-state index contributed by atoms with van der Waals surface area (Å²) in [5.41, 5.74) is 2.04. The molecule has 0 saturated heterocycles. The molecule has 0 fully saturated rings. The summed E-state index contributed by atoms with van der Waals surface area (Å²) in [6.45, 7) is 3.08. The van der Waals surface area contributed by atoms with Crippen LogP contribution < -0.4 is 20.1 Å². The molecule has 0 saturated carbocycles. The Morgan fingerprint density at radius 2 is 2.08 bits per heavy atom. The van der Waals surface area contributed by atoms with E-state index in [2.05, 4.69) is 15.6 Å². The predicted octanol–water partition coefficient (Wildman–Crippen LogP) is 3.02. The Hall–Kier alpha value is -1.82. The van der Waals surface area contributed by atoms with Crippen LogP contribution in [-0.2, 0) is 13.2 Å². The van der Waals surface area contributed by atoms with Gasteiger partial charge in [0, 0.05) is 24.5 Å². The van der Waals surface area contributed by atoms with Crippen molar-refractivity contribution in [2.75, 3.05) is 27.2 Å². The maximum atomic E-state index is 6.38. The van der Waals surface area contributed by atoms with E-state index in [1.54, 1.807) is 19.5 Å². The van der Waals surface area contributed by atoms with Crippen molar-refractivity contribution in [2.24, 2.45) is 0 Å². The first-order valence-corrected chi connectivity index (χ1v) is 8.36. The molecule has 0 atom stereocenters. The van der Waals surface area contributed by atoms with Crippen LogP contribution in [-0.4, -0.2) is 32.2 Å². The summed E-state index contributed by atoms with van der Waals surface area (Å²) in [7, 11) is 3.57. The minimum atomic E-state index is 0.394. The van der Waals surface area contributed by atoms with E-state index in [-0.39, 0.29) is 0 Å². The van der Waals surface area contributed by atoms with Gasteiger partial charge in [0.2, 0.25) is 0 Å². The number of methoxy groups -OCH3 is 1. The number of aromatic nitrogens is 1. The molecule has 1 aromatic carbocycles. The van der Waals surface area contributed by atoms with Crippen molar-refractivity contribution in [1.82, 2.24) is 15.6 Å². The third kappa shape index (κ3) is 5.67. The van der Waals surface area contributed by atoms with E-state index in [9.17, 15) is 0 Å². The average molecular weight is 350 g/mol. The third-order valence-electron chi connectivity index (χ3n) is 3.50. The quantitative estimate of drug-likeness (QED) is 0.646. The fourth-order valence-electron chi connectivity index (χ4n) is 2.28. The Bertz CT molecular complexity index is 623. The van der Waals surface area contributed by atoms with Gasteiger partial charge in [-0.15, -0.1) is 0 Å². The van der Waals surface area contributed by atoms with Gasteiger partial charge in [-0.25, -0.2) is 0 Å². The van der Waals surface area contributed by atoms with Crippen molar-refractivity contribution < 1.29 is 9.47 Å². The number of halogens is 1. The molecule has 2 aromatic rings. The number of nitrogens with one attached hydrogen (secondary N) is 2. The van der Waals surface area contributed by atoms with Gasteiger partial charge in [-0.2, -0.15) is 0 Å². The Labute approximate surface area is 148 Å². The first kappa shape index (κ1) is 18.5. The number of hydrogen-bond acceptors (Lipinski definition) is 5. The second kappa shape index (κ2) is 10.1. The molecule has 0 amide bonds. The summed E-state index contributed by atoms with van der Waals surface area (Å²) in [4.78, 5) is 4.07. The molecule has 0 aliphatic carbocycles. The van der Waals surface area contributed by atoms with Crippen LogP contribution in [0.15, 0.2) is 36.7 Å². The molecule has 0 aliphatic rings. The number of rotatable bonds is 10. The molecule has 1 aromatic heterocycles. The zero-order valence-electron chi connectivity index (χ0n) is 14.1. The standard InChI is InChI=1S/C18H24ClN3O2/c1-20-6-4-8-22-12-15-9-16(19)18(17(10-15)23-2)24-13-14-5-3-7-21-11-14/h3,5,7,9-11,20,22H,4,6,8,12-13H2,1-2H3. The highest BCUT2D eigenvalue weighted by molar-refractivity contribution is 6.32. The smallest absolute Gasteiger partial charge is 0.180 e. The van der Waals surface area contributed by atoms with Crippen LogP contribution in [0.2, 0.25) is 5.02 Å². The fourth-order valence-corrected chi connectivity index (χ4v) is 2.57. The first-order chi connectivity index (χ1) is 11.7. The van der Waals surface area contributed by atoms with Crippen LogP contribution >= 0.6 is 11.6 Å². The van der Waals surface area contributed by atoms with Gasteiger partial charge in [0.1, 0.15) is 6.61 Å². The Balaban J connectivity index is 1.98. The van der Waals surface area contributed by atoms with Crippen LogP contribution in [0.25, 0.3) is 0 Å². The van der Waals surface area contributed by atoms with Crippen LogP contribution in [0.4, 0.5) is 0 Å². The maximum Gasteiger partial charge on any atom is 0.180 e. The lowest BCUT2D eigenvalue weighted by atomic mass is 10.2. The zero-order chi connectivity index (χ0) is 17.2. The summed E-state index contributed by atoms with van der Waals surface area (Å²) < 4.78 is 11.3. The van der Waals surface area contributed by atoms with E-state index in [0.717, 1.165) is 37.2 Å².